The molecule has 2 rings (SSSR count). The summed E-state index contributed by atoms with van der Waals surface area (Å²) < 4.78 is 0. The van der Waals surface area contributed by atoms with Gasteiger partial charge in [0, 0.05) is 0 Å². The summed E-state index contributed by atoms with van der Waals surface area (Å²) >= 11 is 6.75. The molecule has 0 aliphatic carbocycles. The molecule has 0 spiro atoms. The van der Waals surface area contributed by atoms with Gasteiger partial charge in [-0.2, -0.15) is 0 Å². The van der Waals surface area contributed by atoms with E-state index in [2.05, 4.69) is 76.2 Å². The first-order valence-corrected chi connectivity index (χ1v) is 8.71. The second-order valence-corrected chi connectivity index (χ2v) is 7.49. The number of halogens is 1. The second-order valence-electron chi connectivity index (χ2n) is 7.05. The normalized spacial score (nSPS) is 11.6. The van der Waals surface area contributed by atoms with E-state index in [0.717, 1.165) is 12.8 Å². The van der Waals surface area contributed by atoms with Crippen LogP contribution in [-0.2, 0) is 12.8 Å². The van der Waals surface area contributed by atoms with Gasteiger partial charge in [-0.1, -0.05) is 76.2 Å². The van der Waals surface area contributed by atoms with Gasteiger partial charge in [-0.3, -0.25) is 0 Å². The minimum absolute atomic E-state index is 0.0702. The van der Waals surface area contributed by atoms with E-state index in [1.54, 1.807) is 0 Å². The Bertz CT molecular complexity index is 545. The van der Waals surface area contributed by atoms with Crippen molar-refractivity contribution in [3.8, 4) is 0 Å². The van der Waals surface area contributed by atoms with E-state index in [-0.39, 0.29) is 5.38 Å². The fourth-order valence-electron chi connectivity index (χ4n) is 2.89. The van der Waals surface area contributed by atoms with Gasteiger partial charge in [0.1, 0.15) is 0 Å². The summed E-state index contributed by atoms with van der Waals surface area (Å²) in [6.07, 6.45) is 2.20. The van der Waals surface area contributed by atoms with E-state index >= 15 is 0 Å². The molecule has 0 radical (unpaired) electrons. The Morgan fingerprint density at radius 2 is 1.14 bits per heavy atom. The van der Waals surface area contributed by atoms with Crippen LogP contribution in [0.4, 0.5) is 0 Å². The molecule has 22 heavy (non-hydrogen) atoms. The predicted molar refractivity (Wildman–Crippen MR) is 97.7 cm³/mol. The Balaban J connectivity index is 2.22. The molecule has 0 aliphatic rings. The Hall–Kier alpha value is -1.27. The van der Waals surface area contributed by atoms with Crippen molar-refractivity contribution >= 4 is 11.6 Å². The van der Waals surface area contributed by atoms with Gasteiger partial charge in [0.05, 0.1) is 5.38 Å². The molecule has 118 valence electrons. The first-order valence-electron chi connectivity index (χ1n) is 8.27. The minimum atomic E-state index is -0.0702. The highest BCUT2D eigenvalue weighted by molar-refractivity contribution is 6.22. The molecule has 0 nitrogen and oxygen atoms in total. The standard InChI is InChI=1S/C21H27Cl/c1-15(2)11-17-7-5-9-19(13-17)21(22)20-10-6-8-18(14-20)12-16(3)4/h5-10,13-16,21H,11-12H2,1-4H3. The molecule has 0 bridgehead atoms. The fourth-order valence-corrected chi connectivity index (χ4v) is 3.16. The molecule has 0 atom stereocenters. The lowest BCUT2D eigenvalue weighted by molar-refractivity contribution is 0.646. The highest BCUT2D eigenvalue weighted by Gasteiger charge is 2.12. The first kappa shape index (κ1) is 17.1. The highest BCUT2D eigenvalue weighted by atomic mass is 35.5. The summed E-state index contributed by atoms with van der Waals surface area (Å²) in [4.78, 5) is 0. The van der Waals surface area contributed by atoms with Crippen molar-refractivity contribution < 1.29 is 0 Å². The fraction of sp³-hybridized carbons (Fsp3) is 0.429. The zero-order valence-corrected chi connectivity index (χ0v) is 14.9. The molecular weight excluding hydrogens is 288 g/mol. The van der Waals surface area contributed by atoms with Crippen LogP contribution in [0.5, 0.6) is 0 Å². The van der Waals surface area contributed by atoms with Gasteiger partial charge in [0.15, 0.2) is 0 Å². The number of hydrogen-bond acceptors (Lipinski definition) is 0. The quantitative estimate of drug-likeness (QED) is 0.540. The number of rotatable bonds is 6. The number of alkyl halides is 1. The highest BCUT2D eigenvalue weighted by Crippen LogP contribution is 2.30. The Kier molecular flexibility index (Phi) is 6.08. The summed E-state index contributed by atoms with van der Waals surface area (Å²) in [5.74, 6) is 1.33. The van der Waals surface area contributed by atoms with Gasteiger partial charge >= 0.3 is 0 Å². The maximum Gasteiger partial charge on any atom is 0.0835 e. The Morgan fingerprint density at radius 3 is 1.50 bits per heavy atom. The van der Waals surface area contributed by atoms with E-state index < -0.39 is 0 Å². The van der Waals surface area contributed by atoms with Gasteiger partial charge < -0.3 is 0 Å². The molecule has 0 heterocycles. The second kappa shape index (κ2) is 7.83. The van der Waals surface area contributed by atoms with Crippen LogP contribution >= 0.6 is 11.6 Å². The van der Waals surface area contributed by atoms with Gasteiger partial charge in [-0.25, -0.2) is 0 Å². The zero-order chi connectivity index (χ0) is 16.1. The molecule has 0 saturated carbocycles. The van der Waals surface area contributed by atoms with Crippen molar-refractivity contribution in [1.82, 2.24) is 0 Å². The van der Waals surface area contributed by atoms with E-state index in [0.29, 0.717) is 11.8 Å². The SMILES string of the molecule is CC(C)Cc1cccc(C(Cl)c2cccc(CC(C)C)c2)c1. The van der Waals surface area contributed by atoms with Crippen LogP contribution < -0.4 is 0 Å². The molecule has 0 fully saturated rings. The van der Waals surface area contributed by atoms with E-state index in [9.17, 15) is 0 Å². The van der Waals surface area contributed by atoms with Crippen LogP contribution in [0.3, 0.4) is 0 Å². The predicted octanol–water partition coefficient (Wildman–Crippen LogP) is 6.41. The van der Waals surface area contributed by atoms with Crippen molar-refractivity contribution in [2.45, 2.75) is 45.9 Å². The molecule has 0 N–H and O–H groups in total. The van der Waals surface area contributed by atoms with Crippen molar-refractivity contribution in [2.24, 2.45) is 11.8 Å². The lowest BCUT2D eigenvalue weighted by Crippen LogP contribution is -2.00. The largest absolute Gasteiger partial charge is 0.113 e. The molecule has 0 unspecified atom stereocenters. The van der Waals surface area contributed by atoms with Crippen molar-refractivity contribution in [3.63, 3.8) is 0 Å². The summed E-state index contributed by atoms with van der Waals surface area (Å²) in [7, 11) is 0. The maximum atomic E-state index is 6.75. The molecule has 0 amide bonds. The average Bonchev–Trinajstić information content (AvgIpc) is 2.45. The Labute approximate surface area is 140 Å². The zero-order valence-electron chi connectivity index (χ0n) is 14.1. The summed E-state index contributed by atoms with van der Waals surface area (Å²) in [5, 5.41) is -0.0702. The van der Waals surface area contributed by atoms with Gasteiger partial charge in [0.25, 0.3) is 0 Å². The van der Waals surface area contributed by atoms with Crippen LogP contribution in [0.2, 0.25) is 0 Å². The smallest absolute Gasteiger partial charge is 0.0835 e. The van der Waals surface area contributed by atoms with Gasteiger partial charge in [0.2, 0.25) is 0 Å². The van der Waals surface area contributed by atoms with Crippen LogP contribution in [0.1, 0.15) is 55.3 Å². The molecule has 2 aromatic carbocycles. The third-order valence-electron chi connectivity index (χ3n) is 3.78. The lowest BCUT2D eigenvalue weighted by Gasteiger charge is -2.14. The van der Waals surface area contributed by atoms with Gasteiger partial charge in [-0.05, 0) is 46.9 Å². The molecule has 2 aromatic rings. The van der Waals surface area contributed by atoms with Crippen LogP contribution in [-0.4, -0.2) is 0 Å². The van der Waals surface area contributed by atoms with Crippen molar-refractivity contribution in [1.29, 1.82) is 0 Å². The van der Waals surface area contributed by atoms with Crippen molar-refractivity contribution in [2.75, 3.05) is 0 Å². The van der Waals surface area contributed by atoms with E-state index in [1.165, 1.54) is 22.3 Å². The molecule has 0 saturated heterocycles. The maximum absolute atomic E-state index is 6.75. The number of benzene rings is 2. The molecule has 1 heteroatoms. The van der Waals surface area contributed by atoms with Crippen LogP contribution in [0.15, 0.2) is 48.5 Å². The number of hydrogen-bond donors (Lipinski definition) is 0. The Morgan fingerprint density at radius 1 is 0.727 bits per heavy atom. The van der Waals surface area contributed by atoms with Crippen molar-refractivity contribution in [3.05, 3.63) is 70.8 Å². The van der Waals surface area contributed by atoms with Crippen LogP contribution in [0.25, 0.3) is 0 Å². The first-order chi connectivity index (χ1) is 10.5. The minimum Gasteiger partial charge on any atom is -0.113 e. The molecule has 0 aromatic heterocycles. The molecule has 0 aliphatic heterocycles. The molecular formula is C21H27Cl. The summed E-state index contributed by atoms with van der Waals surface area (Å²) in [5.41, 5.74) is 5.14. The average molecular weight is 315 g/mol. The third kappa shape index (κ3) is 4.88. The lowest BCUT2D eigenvalue weighted by atomic mass is 9.95. The summed E-state index contributed by atoms with van der Waals surface area (Å²) in [6, 6.07) is 17.4. The third-order valence-corrected chi connectivity index (χ3v) is 4.28. The summed E-state index contributed by atoms with van der Waals surface area (Å²) in [6.45, 7) is 9.00. The van der Waals surface area contributed by atoms with E-state index in [4.69, 9.17) is 11.6 Å². The topological polar surface area (TPSA) is 0 Å². The van der Waals surface area contributed by atoms with E-state index in [1.807, 2.05) is 0 Å². The van der Waals surface area contributed by atoms with Gasteiger partial charge in [-0.15, -0.1) is 11.6 Å². The monoisotopic (exact) mass is 314 g/mol. The van der Waals surface area contributed by atoms with Crippen LogP contribution in [0, 0.1) is 11.8 Å².